The summed E-state index contributed by atoms with van der Waals surface area (Å²) in [7, 11) is 1.87. The Morgan fingerprint density at radius 2 is 1.97 bits per heavy atom. The average molecular weight is 456 g/mol. The summed E-state index contributed by atoms with van der Waals surface area (Å²) in [5.74, 6) is 2.07. The van der Waals surface area contributed by atoms with E-state index in [0.29, 0.717) is 41.0 Å². The van der Waals surface area contributed by atoms with Crippen molar-refractivity contribution in [3.8, 4) is 34.0 Å². The maximum Gasteiger partial charge on any atom is 0.264 e. The highest BCUT2D eigenvalue weighted by molar-refractivity contribution is 5.61. The predicted octanol–water partition coefficient (Wildman–Crippen LogP) is 3.57. The molecule has 1 fully saturated rings. The quantitative estimate of drug-likeness (QED) is 0.465. The highest BCUT2D eigenvalue weighted by atomic mass is 16.5. The van der Waals surface area contributed by atoms with Crippen molar-refractivity contribution in [1.82, 2.24) is 29.3 Å². The van der Waals surface area contributed by atoms with E-state index in [4.69, 9.17) is 4.74 Å². The molecule has 4 aromatic heterocycles. The van der Waals surface area contributed by atoms with Crippen LogP contribution in [0.5, 0.6) is 11.5 Å². The molecule has 0 aliphatic carbocycles. The van der Waals surface area contributed by atoms with Gasteiger partial charge in [-0.1, -0.05) is 0 Å². The first-order valence-corrected chi connectivity index (χ1v) is 11.5. The Kier molecular flexibility index (Phi) is 4.90. The summed E-state index contributed by atoms with van der Waals surface area (Å²) in [6, 6.07) is 7.86. The molecule has 9 nitrogen and oxygen atoms in total. The predicted molar refractivity (Wildman–Crippen MR) is 128 cm³/mol. The van der Waals surface area contributed by atoms with Crippen molar-refractivity contribution in [3.63, 3.8) is 0 Å². The number of anilines is 1. The van der Waals surface area contributed by atoms with Gasteiger partial charge in [0.05, 0.1) is 28.8 Å². The smallest absolute Gasteiger partial charge is 0.264 e. The fourth-order valence-electron chi connectivity index (χ4n) is 4.89. The maximum atomic E-state index is 13.3. The lowest BCUT2D eigenvalue weighted by Gasteiger charge is -2.33. The lowest BCUT2D eigenvalue weighted by Crippen LogP contribution is -2.42. The zero-order chi connectivity index (χ0) is 23.2. The lowest BCUT2D eigenvalue weighted by atomic mass is 10.1. The minimum absolute atomic E-state index is 0.0360. The minimum atomic E-state index is -0.0360. The van der Waals surface area contributed by atoms with E-state index >= 15 is 0 Å². The molecule has 1 saturated heterocycles. The third-order valence-corrected chi connectivity index (χ3v) is 6.62. The second-order valence-electron chi connectivity index (χ2n) is 8.87. The van der Waals surface area contributed by atoms with Crippen molar-refractivity contribution in [2.75, 3.05) is 11.4 Å². The van der Waals surface area contributed by atoms with Crippen molar-refractivity contribution in [2.45, 2.75) is 38.8 Å². The average Bonchev–Trinajstić information content (AvgIpc) is 3.50. The largest absolute Gasteiger partial charge is 0.455 e. The number of pyridine rings is 2. The molecule has 0 unspecified atom stereocenters. The molecule has 4 aromatic rings. The van der Waals surface area contributed by atoms with Crippen LogP contribution in [0, 0.1) is 6.92 Å². The van der Waals surface area contributed by atoms with E-state index in [2.05, 4.69) is 25.0 Å². The molecular formula is C25H25N7O2. The number of nitrogens with zero attached hydrogens (tertiary/aromatic N) is 7. The van der Waals surface area contributed by atoms with Gasteiger partial charge < -0.3 is 9.64 Å². The van der Waals surface area contributed by atoms with E-state index in [0.717, 1.165) is 36.6 Å². The van der Waals surface area contributed by atoms with Gasteiger partial charge >= 0.3 is 0 Å². The summed E-state index contributed by atoms with van der Waals surface area (Å²) in [6.45, 7) is 3.55. The van der Waals surface area contributed by atoms with Crippen LogP contribution in [0.3, 0.4) is 0 Å². The fourth-order valence-corrected chi connectivity index (χ4v) is 4.89. The summed E-state index contributed by atoms with van der Waals surface area (Å²) in [6.07, 6.45) is 10.4. The first-order valence-electron chi connectivity index (χ1n) is 11.5. The summed E-state index contributed by atoms with van der Waals surface area (Å²) < 4.78 is 9.64. The molecule has 1 atom stereocenters. The third-order valence-electron chi connectivity index (χ3n) is 6.62. The standard InChI is InChI=1S/C25H25N7O2/c1-16-23(34-19-7-9-26-22(12-19)17-13-28-30(2)15-17)6-5-21(29-16)20-14-27-25-31-10-3-4-18(31)8-11-32(25)24(20)33/h5-7,9,12-15,18H,3-4,8,10-11H2,1-2H3/t18-/m0/s1. The molecular weight excluding hydrogens is 430 g/mol. The van der Waals surface area contributed by atoms with Gasteiger partial charge in [-0.15, -0.1) is 0 Å². The zero-order valence-corrected chi connectivity index (χ0v) is 19.2. The van der Waals surface area contributed by atoms with Gasteiger partial charge in [0.25, 0.3) is 5.56 Å². The molecule has 0 radical (unpaired) electrons. The highest BCUT2D eigenvalue weighted by Crippen LogP contribution is 2.31. The SMILES string of the molecule is Cc1nc(-c2cnc3n(c2=O)CC[C@@H]2CCCN32)ccc1Oc1ccnc(-c2cnn(C)c2)c1. The Labute approximate surface area is 196 Å². The third kappa shape index (κ3) is 3.53. The van der Waals surface area contributed by atoms with Crippen molar-refractivity contribution in [1.29, 1.82) is 0 Å². The Hall–Kier alpha value is -4.01. The molecule has 6 rings (SSSR count). The van der Waals surface area contributed by atoms with Gasteiger partial charge in [-0.25, -0.2) is 9.97 Å². The van der Waals surface area contributed by atoms with Gasteiger partial charge in [0.1, 0.15) is 11.5 Å². The maximum absolute atomic E-state index is 13.3. The number of fused-ring (bicyclic) bond motifs is 3. The summed E-state index contributed by atoms with van der Waals surface area (Å²) >= 11 is 0. The number of hydrogen-bond acceptors (Lipinski definition) is 7. The second kappa shape index (κ2) is 8.09. The molecule has 34 heavy (non-hydrogen) atoms. The van der Waals surface area contributed by atoms with Gasteiger partial charge in [-0.05, 0) is 44.4 Å². The monoisotopic (exact) mass is 455 g/mol. The Morgan fingerprint density at radius 1 is 1.06 bits per heavy atom. The van der Waals surface area contributed by atoms with Crippen LogP contribution < -0.4 is 15.2 Å². The number of ether oxygens (including phenoxy) is 1. The van der Waals surface area contributed by atoms with Crippen LogP contribution >= 0.6 is 0 Å². The first kappa shape index (κ1) is 20.6. The molecule has 9 heteroatoms. The zero-order valence-electron chi connectivity index (χ0n) is 19.2. The Bertz CT molecular complexity index is 1440. The van der Waals surface area contributed by atoms with Gasteiger partial charge in [0, 0.05) is 56.4 Å². The molecule has 0 saturated carbocycles. The normalized spacial score (nSPS) is 16.9. The van der Waals surface area contributed by atoms with E-state index in [1.807, 2.05) is 38.4 Å². The summed E-state index contributed by atoms with van der Waals surface area (Å²) in [4.78, 5) is 29.3. The topological polar surface area (TPSA) is 91.0 Å². The van der Waals surface area contributed by atoms with Crippen molar-refractivity contribution in [3.05, 3.63) is 65.1 Å². The number of rotatable bonds is 4. The molecule has 0 bridgehead atoms. The Balaban J connectivity index is 1.28. The van der Waals surface area contributed by atoms with E-state index in [1.165, 1.54) is 6.42 Å². The molecule has 0 N–H and O–H groups in total. The highest BCUT2D eigenvalue weighted by Gasteiger charge is 2.32. The number of aromatic nitrogens is 6. The van der Waals surface area contributed by atoms with Crippen LogP contribution in [-0.2, 0) is 13.6 Å². The van der Waals surface area contributed by atoms with E-state index in [1.54, 1.807) is 33.9 Å². The first-order chi connectivity index (χ1) is 16.6. The van der Waals surface area contributed by atoms with Crippen LogP contribution in [0.15, 0.2) is 53.8 Å². The molecule has 2 aliphatic heterocycles. The van der Waals surface area contributed by atoms with Crippen LogP contribution in [0.4, 0.5) is 5.95 Å². The van der Waals surface area contributed by atoms with Crippen molar-refractivity contribution >= 4 is 5.95 Å². The summed E-state index contributed by atoms with van der Waals surface area (Å²) in [5, 5.41) is 4.20. The Morgan fingerprint density at radius 3 is 2.79 bits per heavy atom. The molecule has 0 spiro atoms. The molecule has 0 aromatic carbocycles. The number of hydrogen-bond donors (Lipinski definition) is 0. The fraction of sp³-hybridized carbons (Fsp3) is 0.320. The molecule has 0 amide bonds. The van der Waals surface area contributed by atoms with Gasteiger partial charge in [0.15, 0.2) is 0 Å². The minimum Gasteiger partial charge on any atom is -0.455 e. The van der Waals surface area contributed by atoms with Crippen LogP contribution in [-0.4, -0.2) is 41.9 Å². The van der Waals surface area contributed by atoms with E-state index in [9.17, 15) is 4.79 Å². The van der Waals surface area contributed by atoms with Crippen LogP contribution in [0.1, 0.15) is 25.0 Å². The second-order valence-corrected chi connectivity index (χ2v) is 8.87. The van der Waals surface area contributed by atoms with Crippen molar-refractivity contribution in [2.24, 2.45) is 7.05 Å². The van der Waals surface area contributed by atoms with Crippen LogP contribution in [0.2, 0.25) is 0 Å². The van der Waals surface area contributed by atoms with Gasteiger partial charge in [-0.3, -0.25) is 19.0 Å². The molecule has 2 aliphatic rings. The van der Waals surface area contributed by atoms with Gasteiger partial charge in [-0.2, -0.15) is 5.10 Å². The van der Waals surface area contributed by atoms with Crippen molar-refractivity contribution < 1.29 is 4.74 Å². The van der Waals surface area contributed by atoms with E-state index < -0.39 is 0 Å². The molecule has 6 heterocycles. The number of aryl methyl sites for hydroxylation is 2. The lowest BCUT2D eigenvalue weighted by molar-refractivity contribution is 0.472. The van der Waals surface area contributed by atoms with Gasteiger partial charge in [0.2, 0.25) is 5.95 Å². The van der Waals surface area contributed by atoms with Crippen LogP contribution in [0.25, 0.3) is 22.5 Å². The summed E-state index contributed by atoms with van der Waals surface area (Å²) in [5.41, 5.74) is 3.47. The van der Waals surface area contributed by atoms with E-state index in [-0.39, 0.29) is 5.56 Å². The molecule has 172 valence electrons.